The molecular formula is C19H25N3O2. The number of aryl methyl sites for hydroxylation is 2. The third-order valence-electron chi connectivity index (χ3n) is 4.51. The number of aromatic nitrogens is 2. The number of nitrogens with one attached hydrogen (secondary N) is 2. The van der Waals surface area contributed by atoms with Crippen LogP contribution in [0.1, 0.15) is 43.0 Å². The van der Waals surface area contributed by atoms with Crippen molar-refractivity contribution in [3.05, 3.63) is 47.5 Å². The summed E-state index contributed by atoms with van der Waals surface area (Å²) in [6, 6.07) is 6.24. The Morgan fingerprint density at radius 3 is 2.92 bits per heavy atom. The van der Waals surface area contributed by atoms with Gasteiger partial charge in [0.1, 0.15) is 5.75 Å². The smallest absolute Gasteiger partial charge is 0.261 e. The summed E-state index contributed by atoms with van der Waals surface area (Å²) in [5.74, 6) is 0.737. The van der Waals surface area contributed by atoms with Gasteiger partial charge in [-0.05, 0) is 55.4 Å². The number of nitrogens with zero attached hydrogens (tertiary/aromatic N) is 1. The number of carbonyl (C=O) groups is 1. The minimum atomic E-state index is -0.451. The third kappa shape index (κ3) is 4.16. The second-order valence-electron chi connectivity index (χ2n) is 6.27. The van der Waals surface area contributed by atoms with Gasteiger partial charge in [-0.25, -0.2) is 4.98 Å². The fourth-order valence-corrected chi connectivity index (χ4v) is 3.13. The number of rotatable bonds is 7. The molecule has 0 unspecified atom stereocenters. The van der Waals surface area contributed by atoms with E-state index >= 15 is 0 Å². The molecule has 2 aromatic rings. The topological polar surface area (TPSA) is 67.0 Å². The summed E-state index contributed by atoms with van der Waals surface area (Å²) in [5, 5.41) is 2.94. The fraction of sp³-hybridized carbons (Fsp3) is 0.474. The number of aromatic amines is 1. The van der Waals surface area contributed by atoms with E-state index < -0.39 is 6.10 Å². The molecular weight excluding hydrogens is 302 g/mol. The molecule has 1 aliphatic carbocycles. The lowest BCUT2D eigenvalue weighted by Crippen LogP contribution is -2.39. The zero-order valence-electron chi connectivity index (χ0n) is 14.2. The highest BCUT2D eigenvalue weighted by Crippen LogP contribution is 2.26. The van der Waals surface area contributed by atoms with E-state index in [0.717, 1.165) is 30.7 Å². The van der Waals surface area contributed by atoms with E-state index in [1.807, 2.05) is 13.0 Å². The van der Waals surface area contributed by atoms with Crippen LogP contribution in [0.15, 0.2) is 30.7 Å². The van der Waals surface area contributed by atoms with Crippen molar-refractivity contribution in [2.24, 2.45) is 0 Å². The van der Waals surface area contributed by atoms with Gasteiger partial charge in [-0.2, -0.15) is 0 Å². The highest BCUT2D eigenvalue weighted by Gasteiger charge is 2.19. The van der Waals surface area contributed by atoms with Crippen LogP contribution in [0.25, 0.3) is 0 Å². The van der Waals surface area contributed by atoms with Crippen LogP contribution in [0, 0.1) is 0 Å². The molecule has 0 bridgehead atoms. The standard InChI is InChI=1S/C19H25N3O2/c1-2-18(19(23)21-10-9-16-12-20-13-22-16)24-17-8-7-14-5-3-4-6-15(14)11-17/h7-8,11-13,18H,2-6,9-10H2,1H3,(H,20,22)(H,21,23)/t18-/m0/s1. The van der Waals surface area contributed by atoms with E-state index in [-0.39, 0.29) is 5.91 Å². The van der Waals surface area contributed by atoms with E-state index in [4.69, 9.17) is 4.74 Å². The number of imidazole rings is 1. The van der Waals surface area contributed by atoms with Crippen molar-refractivity contribution in [3.8, 4) is 5.75 Å². The quantitative estimate of drug-likeness (QED) is 0.822. The summed E-state index contributed by atoms with van der Waals surface area (Å²) in [6.45, 7) is 2.54. The molecule has 0 fully saturated rings. The molecule has 5 nitrogen and oxygen atoms in total. The van der Waals surface area contributed by atoms with Crippen LogP contribution in [0.3, 0.4) is 0 Å². The maximum atomic E-state index is 12.3. The van der Waals surface area contributed by atoms with Crippen molar-refractivity contribution < 1.29 is 9.53 Å². The van der Waals surface area contributed by atoms with Crippen molar-refractivity contribution in [3.63, 3.8) is 0 Å². The average Bonchev–Trinajstić information content (AvgIpc) is 3.13. The van der Waals surface area contributed by atoms with Crippen LogP contribution in [0.5, 0.6) is 5.75 Å². The Labute approximate surface area is 142 Å². The second-order valence-corrected chi connectivity index (χ2v) is 6.27. The largest absolute Gasteiger partial charge is 0.481 e. The van der Waals surface area contributed by atoms with Gasteiger partial charge in [-0.15, -0.1) is 0 Å². The Balaban J connectivity index is 1.54. The summed E-state index contributed by atoms with van der Waals surface area (Å²) < 4.78 is 5.95. The van der Waals surface area contributed by atoms with Gasteiger partial charge in [0.15, 0.2) is 6.10 Å². The number of H-pyrrole nitrogens is 1. The maximum absolute atomic E-state index is 12.3. The highest BCUT2D eigenvalue weighted by molar-refractivity contribution is 5.81. The molecule has 0 saturated heterocycles. The molecule has 1 aliphatic rings. The summed E-state index contributed by atoms with van der Waals surface area (Å²) in [6.07, 6.45) is 9.12. The van der Waals surface area contributed by atoms with Crippen molar-refractivity contribution in [1.82, 2.24) is 15.3 Å². The van der Waals surface area contributed by atoms with E-state index in [1.54, 1.807) is 12.5 Å². The number of hydrogen-bond donors (Lipinski definition) is 2. The molecule has 2 N–H and O–H groups in total. The van der Waals surface area contributed by atoms with Crippen LogP contribution < -0.4 is 10.1 Å². The van der Waals surface area contributed by atoms with Crippen LogP contribution in [0.4, 0.5) is 0 Å². The first-order valence-electron chi connectivity index (χ1n) is 8.79. The predicted molar refractivity (Wildman–Crippen MR) is 93.1 cm³/mol. The first-order valence-corrected chi connectivity index (χ1v) is 8.79. The van der Waals surface area contributed by atoms with Gasteiger partial charge in [-0.1, -0.05) is 13.0 Å². The summed E-state index contributed by atoms with van der Waals surface area (Å²) in [7, 11) is 0. The van der Waals surface area contributed by atoms with Crippen LogP contribution in [-0.4, -0.2) is 28.5 Å². The van der Waals surface area contributed by atoms with Crippen molar-refractivity contribution in [2.45, 2.75) is 51.6 Å². The van der Waals surface area contributed by atoms with Gasteiger partial charge in [0.25, 0.3) is 5.91 Å². The Morgan fingerprint density at radius 1 is 1.33 bits per heavy atom. The number of amides is 1. The van der Waals surface area contributed by atoms with Crippen molar-refractivity contribution >= 4 is 5.91 Å². The maximum Gasteiger partial charge on any atom is 0.261 e. The minimum absolute atomic E-state index is 0.0604. The molecule has 5 heteroatoms. The zero-order chi connectivity index (χ0) is 16.8. The van der Waals surface area contributed by atoms with Crippen LogP contribution in [-0.2, 0) is 24.1 Å². The van der Waals surface area contributed by atoms with Crippen LogP contribution >= 0.6 is 0 Å². The van der Waals surface area contributed by atoms with Crippen LogP contribution in [0.2, 0.25) is 0 Å². The average molecular weight is 327 g/mol. The Bertz CT molecular complexity index is 667. The van der Waals surface area contributed by atoms with Gasteiger partial charge in [0.2, 0.25) is 0 Å². The SMILES string of the molecule is CC[C@H](Oc1ccc2c(c1)CCCC2)C(=O)NCCc1cnc[nH]1. The Morgan fingerprint density at radius 2 is 2.17 bits per heavy atom. The summed E-state index contributed by atoms with van der Waals surface area (Å²) >= 11 is 0. The second kappa shape index (κ2) is 7.99. The molecule has 1 atom stereocenters. The number of carbonyl (C=O) groups excluding carboxylic acids is 1. The van der Waals surface area contributed by atoms with E-state index in [0.29, 0.717) is 13.0 Å². The predicted octanol–water partition coefficient (Wildman–Crippen LogP) is 2.80. The van der Waals surface area contributed by atoms with Crippen molar-refractivity contribution in [2.75, 3.05) is 6.54 Å². The van der Waals surface area contributed by atoms with Crippen molar-refractivity contribution in [1.29, 1.82) is 0 Å². The van der Waals surface area contributed by atoms with Gasteiger partial charge in [-0.3, -0.25) is 4.79 Å². The first-order chi connectivity index (χ1) is 11.8. The van der Waals surface area contributed by atoms with Gasteiger partial charge >= 0.3 is 0 Å². The molecule has 3 rings (SSSR count). The molecule has 0 saturated carbocycles. The lowest BCUT2D eigenvalue weighted by Gasteiger charge is -2.20. The minimum Gasteiger partial charge on any atom is -0.481 e. The number of benzene rings is 1. The number of hydrogen-bond acceptors (Lipinski definition) is 3. The molecule has 24 heavy (non-hydrogen) atoms. The molecule has 128 valence electrons. The summed E-state index contributed by atoms with van der Waals surface area (Å²) in [4.78, 5) is 19.3. The third-order valence-corrected chi connectivity index (χ3v) is 4.51. The van der Waals surface area contributed by atoms with E-state index in [9.17, 15) is 4.79 Å². The fourth-order valence-electron chi connectivity index (χ4n) is 3.13. The monoisotopic (exact) mass is 327 g/mol. The Hall–Kier alpha value is -2.30. The molecule has 1 amide bonds. The number of ether oxygens (including phenoxy) is 1. The molecule has 0 radical (unpaired) electrons. The molecule has 0 spiro atoms. The van der Waals surface area contributed by atoms with Gasteiger partial charge in [0.05, 0.1) is 6.33 Å². The van der Waals surface area contributed by atoms with E-state index in [2.05, 4.69) is 27.4 Å². The molecule has 1 aromatic carbocycles. The lowest BCUT2D eigenvalue weighted by atomic mass is 9.92. The van der Waals surface area contributed by atoms with E-state index in [1.165, 1.54) is 24.0 Å². The summed E-state index contributed by atoms with van der Waals surface area (Å²) in [5.41, 5.74) is 3.80. The zero-order valence-corrected chi connectivity index (χ0v) is 14.2. The Kier molecular flexibility index (Phi) is 5.51. The number of fused-ring (bicyclic) bond motifs is 1. The van der Waals surface area contributed by atoms with Gasteiger partial charge < -0.3 is 15.0 Å². The lowest BCUT2D eigenvalue weighted by molar-refractivity contribution is -0.128. The first kappa shape index (κ1) is 16.6. The highest BCUT2D eigenvalue weighted by atomic mass is 16.5. The normalized spacial score (nSPS) is 14.7. The molecule has 1 aromatic heterocycles. The molecule has 0 aliphatic heterocycles. The molecule has 1 heterocycles. The van der Waals surface area contributed by atoms with Gasteiger partial charge in [0, 0.05) is 24.9 Å².